The van der Waals surface area contributed by atoms with Gasteiger partial charge in [-0.15, -0.1) is 0 Å². The van der Waals surface area contributed by atoms with Gasteiger partial charge in [-0.05, 0) is 55.3 Å². The molecule has 34 heavy (non-hydrogen) atoms. The number of amides is 4. The molecule has 1 saturated heterocycles. The Labute approximate surface area is 197 Å². The van der Waals surface area contributed by atoms with Crippen molar-refractivity contribution in [2.75, 3.05) is 11.5 Å². The van der Waals surface area contributed by atoms with Crippen molar-refractivity contribution < 1.29 is 23.9 Å². The van der Waals surface area contributed by atoms with Crippen molar-refractivity contribution in [3.05, 3.63) is 95.1 Å². The quantitative estimate of drug-likeness (QED) is 0.414. The number of urea groups is 1. The molecule has 4 amide bonds. The number of nitrogens with one attached hydrogen (secondary N) is 1. The van der Waals surface area contributed by atoms with E-state index < -0.39 is 17.8 Å². The van der Waals surface area contributed by atoms with Crippen LogP contribution >= 0.6 is 0 Å². The van der Waals surface area contributed by atoms with E-state index in [2.05, 4.69) is 5.32 Å². The average Bonchev–Trinajstić information content (AvgIpc) is 2.83. The van der Waals surface area contributed by atoms with Crippen molar-refractivity contribution in [3.8, 4) is 11.5 Å². The first-order valence-corrected chi connectivity index (χ1v) is 10.9. The Morgan fingerprint density at radius 2 is 1.62 bits per heavy atom. The summed E-state index contributed by atoms with van der Waals surface area (Å²) in [7, 11) is 0. The Morgan fingerprint density at radius 3 is 2.32 bits per heavy atom. The number of anilines is 1. The largest absolute Gasteiger partial charge is 0.490 e. The van der Waals surface area contributed by atoms with Gasteiger partial charge in [-0.1, -0.05) is 54.1 Å². The highest BCUT2D eigenvalue weighted by Crippen LogP contribution is 2.31. The average molecular weight is 456 g/mol. The number of barbiturate groups is 1. The lowest BCUT2D eigenvalue weighted by Gasteiger charge is -2.26. The van der Waals surface area contributed by atoms with E-state index in [0.717, 1.165) is 16.0 Å². The Bertz CT molecular complexity index is 1250. The van der Waals surface area contributed by atoms with Crippen molar-refractivity contribution in [2.45, 2.75) is 20.5 Å². The number of nitrogens with zero attached hydrogens (tertiary/aromatic N) is 1. The Kier molecular flexibility index (Phi) is 6.73. The number of hydrogen-bond acceptors (Lipinski definition) is 5. The predicted molar refractivity (Wildman–Crippen MR) is 129 cm³/mol. The van der Waals surface area contributed by atoms with Crippen LogP contribution in [0.3, 0.4) is 0 Å². The summed E-state index contributed by atoms with van der Waals surface area (Å²) < 4.78 is 11.6. The van der Waals surface area contributed by atoms with Crippen LogP contribution in [0, 0.1) is 6.92 Å². The topological polar surface area (TPSA) is 84.9 Å². The van der Waals surface area contributed by atoms with Crippen molar-refractivity contribution in [2.24, 2.45) is 0 Å². The van der Waals surface area contributed by atoms with E-state index in [-0.39, 0.29) is 5.57 Å². The molecule has 1 aliphatic rings. The lowest BCUT2D eigenvalue weighted by molar-refractivity contribution is -0.122. The van der Waals surface area contributed by atoms with E-state index in [1.165, 1.54) is 6.08 Å². The number of carbonyl (C=O) groups excluding carboxylic acids is 3. The number of carbonyl (C=O) groups is 3. The normalized spacial score (nSPS) is 14.8. The molecule has 1 heterocycles. The van der Waals surface area contributed by atoms with Gasteiger partial charge in [0.15, 0.2) is 11.5 Å². The molecule has 172 valence electrons. The van der Waals surface area contributed by atoms with Gasteiger partial charge >= 0.3 is 6.03 Å². The van der Waals surface area contributed by atoms with Gasteiger partial charge in [-0.25, -0.2) is 9.69 Å². The predicted octanol–water partition coefficient (Wildman–Crippen LogP) is 4.64. The summed E-state index contributed by atoms with van der Waals surface area (Å²) in [5.74, 6) is -0.410. The fourth-order valence-corrected chi connectivity index (χ4v) is 3.49. The van der Waals surface area contributed by atoms with Crippen molar-refractivity contribution >= 4 is 29.6 Å². The summed E-state index contributed by atoms with van der Waals surface area (Å²) in [5.41, 5.74) is 2.79. The minimum Gasteiger partial charge on any atom is -0.490 e. The maximum absolute atomic E-state index is 13.1. The van der Waals surface area contributed by atoms with Crippen LogP contribution in [0.2, 0.25) is 0 Å². The monoisotopic (exact) mass is 456 g/mol. The summed E-state index contributed by atoms with van der Waals surface area (Å²) in [4.78, 5) is 38.9. The third-order valence-corrected chi connectivity index (χ3v) is 5.21. The molecular weight excluding hydrogens is 432 g/mol. The molecule has 0 bridgehead atoms. The van der Waals surface area contributed by atoms with Crippen molar-refractivity contribution in [3.63, 3.8) is 0 Å². The summed E-state index contributed by atoms with van der Waals surface area (Å²) in [6.45, 7) is 4.54. The molecule has 3 aromatic carbocycles. The molecule has 1 N–H and O–H groups in total. The van der Waals surface area contributed by atoms with Gasteiger partial charge in [0.25, 0.3) is 11.8 Å². The Morgan fingerprint density at radius 1 is 0.882 bits per heavy atom. The summed E-state index contributed by atoms with van der Waals surface area (Å²) in [5, 5.41) is 2.24. The molecule has 0 spiro atoms. The van der Waals surface area contributed by atoms with Gasteiger partial charge in [-0.2, -0.15) is 0 Å². The molecule has 0 aliphatic carbocycles. The Balaban J connectivity index is 1.61. The molecule has 4 rings (SSSR count). The second kappa shape index (κ2) is 10.0. The highest BCUT2D eigenvalue weighted by Gasteiger charge is 2.36. The molecule has 7 heteroatoms. The van der Waals surface area contributed by atoms with Gasteiger partial charge < -0.3 is 9.47 Å². The van der Waals surface area contributed by atoms with Gasteiger partial charge in [0.05, 0.1) is 12.3 Å². The summed E-state index contributed by atoms with van der Waals surface area (Å²) >= 11 is 0. The van der Waals surface area contributed by atoms with Crippen LogP contribution < -0.4 is 19.7 Å². The van der Waals surface area contributed by atoms with Gasteiger partial charge in [0, 0.05) is 0 Å². The minimum absolute atomic E-state index is 0.152. The van der Waals surface area contributed by atoms with Crippen LogP contribution in [0.5, 0.6) is 11.5 Å². The highest BCUT2D eigenvalue weighted by atomic mass is 16.5. The van der Waals surface area contributed by atoms with Crippen LogP contribution in [0.25, 0.3) is 6.08 Å². The minimum atomic E-state index is -0.782. The third kappa shape index (κ3) is 4.99. The maximum Gasteiger partial charge on any atom is 0.335 e. The van der Waals surface area contributed by atoms with Crippen LogP contribution in [-0.4, -0.2) is 24.5 Å². The number of hydrogen-bond donors (Lipinski definition) is 1. The second-order valence-electron chi connectivity index (χ2n) is 7.71. The molecule has 0 radical (unpaired) electrons. The zero-order valence-electron chi connectivity index (χ0n) is 18.9. The first-order valence-electron chi connectivity index (χ1n) is 10.9. The number of ether oxygens (including phenoxy) is 2. The van der Waals surface area contributed by atoms with Crippen LogP contribution in [0.1, 0.15) is 23.6 Å². The number of rotatable bonds is 7. The van der Waals surface area contributed by atoms with E-state index >= 15 is 0 Å². The first kappa shape index (κ1) is 22.8. The first-order chi connectivity index (χ1) is 16.5. The molecule has 1 fully saturated rings. The molecule has 0 atom stereocenters. The van der Waals surface area contributed by atoms with Crippen LogP contribution in [-0.2, 0) is 16.2 Å². The second-order valence-corrected chi connectivity index (χ2v) is 7.71. The number of aryl methyl sites for hydroxylation is 1. The van der Waals surface area contributed by atoms with Crippen molar-refractivity contribution in [1.29, 1.82) is 0 Å². The van der Waals surface area contributed by atoms with E-state index in [0.29, 0.717) is 36.0 Å². The standard InChI is InChI=1S/C27H24N2O5/c1-3-33-24-16-20(11-14-23(24)34-17-19-7-5-4-6-8-19)15-22-25(30)28-27(32)29(26(22)31)21-12-9-18(2)10-13-21/h4-16H,3,17H2,1-2H3,(H,28,30,32)/b22-15+. The van der Waals surface area contributed by atoms with Crippen molar-refractivity contribution in [1.82, 2.24) is 5.32 Å². The highest BCUT2D eigenvalue weighted by molar-refractivity contribution is 6.39. The Hall–Kier alpha value is -4.39. The molecule has 0 saturated carbocycles. The van der Waals surface area contributed by atoms with Gasteiger partial charge in [-0.3, -0.25) is 14.9 Å². The molecule has 0 aromatic heterocycles. The van der Waals surface area contributed by atoms with Crippen LogP contribution in [0.15, 0.2) is 78.4 Å². The SMILES string of the molecule is CCOc1cc(/C=C2\C(=O)NC(=O)N(c3ccc(C)cc3)C2=O)ccc1OCc1ccccc1. The zero-order chi connectivity index (χ0) is 24.1. The fourth-order valence-electron chi connectivity index (χ4n) is 3.49. The fraction of sp³-hybridized carbons (Fsp3) is 0.148. The zero-order valence-corrected chi connectivity index (χ0v) is 18.9. The van der Waals surface area contributed by atoms with Crippen LogP contribution in [0.4, 0.5) is 10.5 Å². The maximum atomic E-state index is 13.1. The van der Waals surface area contributed by atoms with Gasteiger partial charge in [0.2, 0.25) is 0 Å². The number of imide groups is 2. The van der Waals surface area contributed by atoms with Gasteiger partial charge in [0.1, 0.15) is 12.2 Å². The number of benzene rings is 3. The lowest BCUT2D eigenvalue weighted by Crippen LogP contribution is -2.54. The molecule has 3 aromatic rings. The lowest BCUT2D eigenvalue weighted by atomic mass is 10.1. The smallest absolute Gasteiger partial charge is 0.335 e. The van der Waals surface area contributed by atoms with E-state index in [4.69, 9.17) is 9.47 Å². The molecule has 1 aliphatic heterocycles. The van der Waals surface area contributed by atoms with E-state index in [1.54, 1.807) is 42.5 Å². The van der Waals surface area contributed by atoms with E-state index in [9.17, 15) is 14.4 Å². The van der Waals surface area contributed by atoms with E-state index in [1.807, 2.05) is 44.2 Å². The summed E-state index contributed by atoms with van der Waals surface area (Å²) in [6, 6.07) is 21.0. The molecular formula is C27H24N2O5. The third-order valence-electron chi connectivity index (χ3n) is 5.21. The molecule has 0 unspecified atom stereocenters. The molecule has 7 nitrogen and oxygen atoms in total. The summed E-state index contributed by atoms with van der Waals surface area (Å²) in [6.07, 6.45) is 1.44.